The zero-order chi connectivity index (χ0) is 6.69. The molecular formula is C4H5BrN2OS. The number of ether oxygens (including phenoxy) is 1. The van der Waals surface area contributed by atoms with Crippen LogP contribution in [0, 0.1) is 0 Å². The molecule has 1 heterocycles. The van der Waals surface area contributed by atoms with Crippen LogP contribution < -0.4 is 4.74 Å². The number of hydrogen-bond donors (Lipinski definition) is 0. The largest absolute Gasteiger partial charge is 0.469 e. The second-order valence-corrected chi connectivity index (χ2v) is 2.69. The highest BCUT2D eigenvalue weighted by Crippen LogP contribution is 2.16. The predicted molar refractivity (Wildman–Crippen MR) is 38.8 cm³/mol. The summed E-state index contributed by atoms with van der Waals surface area (Å²) >= 11 is 4.35. The van der Waals surface area contributed by atoms with Crippen molar-refractivity contribution in [3.05, 3.63) is 4.73 Å². The Hall–Kier alpha value is -0.160. The number of rotatable bonds is 2. The van der Waals surface area contributed by atoms with Crippen LogP contribution in [0.1, 0.15) is 6.92 Å². The predicted octanol–water partition coefficient (Wildman–Crippen LogP) is 1.70. The molecule has 0 fully saturated rings. The van der Waals surface area contributed by atoms with E-state index in [4.69, 9.17) is 4.74 Å². The lowest BCUT2D eigenvalue weighted by Crippen LogP contribution is -1.89. The van der Waals surface area contributed by atoms with Crippen molar-refractivity contribution in [1.29, 1.82) is 0 Å². The van der Waals surface area contributed by atoms with Crippen molar-refractivity contribution in [1.82, 2.24) is 9.36 Å². The first kappa shape index (κ1) is 6.95. The van der Waals surface area contributed by atoms with Gasteiger partial charge in [-0.1, -0.05) is 0 Å². The minimum Gasteiger partial charge on any atom is -0.469 e. The topological polar surface area (TPSA) is 35.0 Å². The zero-order valence-electron chi connectivity index (χ0n) is 4.80. The molecule has 0 spiro atoms. The lowest BCUT2D eigenvalue weighted by atomic mass is 10.9. The van der Waals surface area contributed by atoms with E-state index < -0.39 is 0 Å². The number of nitrogens with zero attached hydrogens (tertiary/aromatic N) is 2. The Morgan fingerprint density at radius 1 is 1.78 bits per heavy atom. The summed E-state index contributed by atoms with van der Waals surface area (Å²) in [5.74, 6) is 0. The summed E-state index contributed by atoms with van der Waals surface area (Å²) in [6, 6.07) is 0. The molecule has 0 N–H and O–H groups in total. The van der Waals surface area contributed by atoms with Gasteiger partial charge in [-0.15, -0.1) is 0 Å². The summed E-state index contributed by atoms with van der Waals surface area (Å²) in [5.41, 5.74) is 0. The molecule has 0 bridgehead atoms. The van der Waals surface area contributed by atoms with Crippen LogP contribution in [0.15, 0.2) is 4.73 Å². The molecule has 1 rings (SSSR count). The highest BCUT2D eigenvalue weighted by molar-refractivity contribution is 9.10. The van der Waals surface area contributed by atoms with Gasteiger partial charge in [-0.05, 0) is 22.9 Å². The van der Waals surface area contributed by atoms with Crippen LogP contribution >= 0.6 is 27.5 Å². The van der Waals surface area contributed by atoms with Gasteiger partial charge in [-0.3, -0.25) is 0 Å². The van der Waals surface area contributed by atoms with E-state index >= 15 is 0 Å². The number of hydrogen-bond acceptors (Lipinski definition) is 4. The lowest BCUT2D eigenvalue weighted by Gasteiger charge is -1.90. The van der Waals surface area contributed by atoms with Gasteiger partial charge in [0.05, 0.1) is 6.61 Å². The fourth-order valence-electron chi connectivity index (χ4n) is 0.375. The highest BCUT2D eigenvalue weighted by atomic mass is 79.9. The summed E-state index contributed by atoms with van der Waals surface area (Å²) in [5, 5.41) is 0.615. The first-order valence-corrected chi connectivity index (χ1v) is 4.01. The molecule has 0 atom stereocenters. The van der Waals surface area contributed by atoms with Gasteiger partial charge in [0, 0.05) is 11.5 Å². The van der Waals surface area contributed by atoms with Gasteiger partial charge < -0.3 is 4.74 Å². The van der Waals surface area contributed by atoms with Crippen molar-refractivity contribution >= 4 is 27.5 Å². The van der Waals surface area contributed by atoms with Crippen molar-refractivity contribution in [3.63, 3.8) is 0 Å². The van der Waals surface area contributed by atoms with Gasteiger partial charge in [0.1, 0.15) is 0 Å². The van der Waals surface area contributed by atoms with Crippen LogP contribution in [0.5, 0.6) is 5.19 Å². The molecule has 5 heteroatoms. The van der Waals surface area contributed by atoms with E-state index in [1.54, 1.807) is 0 Å². The fourth-order valence-corrected chi connectivity index (χ4v) is 1.36. The normalized spacial score (nSPS) is 9.56. The average Bonchev–Trinajstić information content (AvgIpc) is 2.17. The van der Waals surface area contributed by atoms with E-state index in [1.807, 2.05) is 6.92 Å². The minimum atomic E-state index is 0.593. The Kier molecular flexibility index (Phi) is 2.41. The zero-order valence-corrected chi connectivity index (χ0v) is 7.20. The molecule has 0 radical (unpaired) electrons. The third-order valence-corrected chi connectivity index (χ3v) is 1.87. The maximum Gasteiger partial charge on any atom is 0.293 e. The van der Waals surface area contributed by atoms with Crippen LogP contribution in [0.3, 0.4) is 0 Å². The average molecular weight is 209 g/mol. The maximum absolute atomic E-state index is 5.04. The maximum atomic E-state index is 5.04. The Bertz CT molecular complexity index is 190. The summed E-state index contributed by atoms with van der Waals surface area (Å²) < 4.78 is 9.49. The Balaban J connectivity index is 2.61. The molecule has 1 aromatic heterocycles. The van der Waals surface area contributed by atoms with E-state index in [1.165, 1.54) is 11.5 Å². The Morgan fingerprint density at radius 3 is 3.00 bits per heavy atom. The summed E-state index contributed by atoms with van der Waals surface area (Å²) in [7, 11) is 0. The van der Waals surface area contributed by atoms with Gasteiger partial charge in [-0.2, -0.15) is 9.36 Å². The van der Waals surface area contributed by atoms with E-state index in [0.29, 0.717) is 16.5 Å². The quantitative estimate of drug-likeness (QED) is 0.743. The summed E-state index contributed by atoms with van der Waals surface area (Å²) in [6.45, 7) is 2.55. The van der Waals surface area contributed by atoms with E-state index in [9.17, 15) is 0 Å². The van der Waals surface area contributed by atoms with Crippen molar-refractivity contribution in [3.8, 4) is 5.19 Å². The molecule has 0 aliphatic carbocycles. The van der Waals surface area contributed by atoms with Crippen molar-refractivity contribution in [2.45, 2.75) is 6.92 Å². The molecule has 0 unspecified atom stereocenters. The summed E-state index contributed by atoms with van der Waals surface area (Å²) in [4.78, 5) is 3.90. The smallest absolute Gasteiger partial charge is 0.293 e. The second kappa shape index (κ2) is 3.12. The van der Waals surface area contributed by atoms with Crippen LogP contribution in [0.2, 0.25) is 0 Å². The molecule has 0 saturated heterocycles. The van der Waals surface area contributed by atoms with Gasteiger partial charge in [0.2, 0.25) is 4.73 Å². The van der Waals surface area contributed by atoms with Crippen molar-refractivity contribution in [2.75, 3.05) is 6.61 Å². The first-order chi connectivity index (χ1) is 4.33. The molecule has 50 valence electrons. The standard InChI is InChI=1S/C4H5BrN2OS/c1-2-8-4-6-3(5)7-9-4/h2H2,1H3. The van der Waals surface area contributed by atoms with Gasteiger partial charge in [-0.25, -0.2) is 0 Å². The molecule has 0 saturated carbocycles. The van der Waals surface area contributed by atoms with E-state index in [2.05, 4.69) is 25.3 Å². The highest BCUT2D eigenvalue weighted by Gasteiger charge is 1.98. The van der Waals surface area contributed by atoms with Gasteiger partial charge in [0.25, 0.3) is 5.19 Å². The third kappa shape index (κ3) is 1.91. The number of halogens is 1. The van der Waals surface area contributed by atoms with Crippen molar-refractivity contribution < 1.29 is 4.74 Å². The first-order valence-electron chi connectivity index (χ1n) is 2.45. The van der Waals surface area contributed by atoms with Crippen LogP contribution in [0.25, 0.3) is 0 Å². The number of aromatic nitrogens is 2. The van der Waals surface area contributed by atoms with E-state index in [0.717, 1.165) is 0 Å². The minimum absolute atomic E-state index is 0.593. The molecule has 0 amide bonds. The monoisotopic (exact) mass is 208 g/mol. The molecule has 3 nitrogen and oxygen atoms in total. The molecule has 0 aliphatic heterocycles. The third-order valence-electron chi connectivity index (χ3n) is 0.650. The van der Waals surface area contributed by atoms with Gasteiger partial charge in [0.15, 0.2) is 0 Å². The molecule has 1 aromatic rings. The summed E-state index contributed by atoms with van der Waals surface area (Å²) in [6.07, 6.45) is 0. The van der Waals surface area contributed by atoms with E-state index in [-0.39, 0.29) is 0 Å². The van der Waals surface area contributed by atoms with Gasteiger partial charge >= 0.3 is 0 Å². The Morgan fingerprint density at radius 2 is 2.56 bits per heavy atom. The second-order valence-electron chi connectivity index (χ2n) is 1.26. The molecule has 0 aromatic carbocycles. The van der Waals surface area contributed by atoms with Crippen LogP contribution in [0.4, 0.5) is 0 Å². The lowest BCUT2D eigenvalue weighted by molar-refractivity contribution is 0.338. The fraction of sp³-hybridized carbons (Fsp3) is 0.500. The van der Waals surface area contributed by atoms with Crippen LogP contribution in [-0.4, -0.2) is 16.0 Å². The Labute approximate surface area is 65.4 Å². The SMILES string of the molecule is CCOc1nc(Br)ns1. The molecular weight excluding hydrogens is 204 g/mol. The molecule has 9 heavy (non-hydrogen) atoms. The molecule has 0 aliphatic rings. The van der Waals surface area contributed by atoms with Crippen molar-refractivity contribution in [2.24, 2.45) is 0 Å². The van der Waals surface area contributed by atoms with Crippen LogP contribution in [-0.2, 0) is 0 Å².